The lowest BCUT2D eigenvalue weighted by atomic mass is 9.86. The number of carboxylic acid groups (broad SMARTS) is 1. The van der Waals surface area contributed by atoms with E-state index in [4.69, 9.17) is 9.84 Å². The van der Waals surface area contributed by atoms with Gasteiger partial charge in [-0.05, 0) is 37.8 Å². The van der Waals surface area contributed by atoms with Gasteiger partial charge in [0.25, 0.3) is 5.91 Å². The van der Waals surface area contributed by atoms with Crippen molar-refractivity contribution in [2.24, 2.45) is 5.92 Å². The summed E-state index contributed by atoms with van der Waals surface area (Å²) in [4.78, 5) is 26.6. The van der Waals surface area contributed by atoms with Crippen LogP contribution in [0.1, 0.15) is 31.4 Å². The average molecular weight is 305 g/mol. The van der Waals surface area contributed by atoms with E-state index in [1.54, 1.807) is 6.07 Å². The van der Waals surface area contributed by atoms with Crippen LogP contribution in [0.2, 0.25) is 0 Å². The standard InChI is InChI=1S/C15H19N3O4/c19-13-8-22-12-6-5-11(17-14(12)18-13)7-16-10-3-1-9(2-4-10)15(20)21/h5-6,9-10,16H,1-4,7-8H2,(H,20,21)(H,17,18,19)/t9-,10-. The summed E-state index contributed by atoms with van der Waals surface area (Å²) >= 11 is 0. The third-order valence-corrected chi connectivity index (χ3v) is 4.18. The molecule has 118 valence electrons. The lowest BCUT2D eigenvalue weighted by Gasteiger charge is -2.27. The van der Waals surface area contributed by atoms with Gasteiger partial charge < -0.3 is 20.5 Å². The maximum Gasteiger partial charge on any atom is 0.306 e. The number of rotatable bonds is 4. The zero-order valence-electron chi connectivity index (χ0n) is 12.2. The molecule has 1 amide bonds. The van der Waals surface area contributed by atoms with Crippen molar-refractivity contribution in [1.82, 2.24) is 10.3 Å². The van der Waals surface area contributed by atoms with Crippen molar-refractivity contribution in [2.75, 3.05) is 11.9 Å². The van der Waals surface area contributed by atoms with Crippen LogP contribution < -0.4 is 15.4 Å². The summed E-state index contributed by atoms with van der Waals surface area (Å²) in [6, 6.07) is 3.99. The van der Waals surface area contributed by atoms with Gasteiger partial charge >= 0.3 is 5.97 Å². The highest BCUT2D eigenvalue weighted by Gasteiger charge is 2.25. The highest BCUT2D eigenvalue weighted by molar-refractivity contribution is 5.94. The highest BCUT2D eigenvalue weighted by atomic mass is 16.5. The molecule has 0 aromatic carbocycles. The molecule has 1 aliphatic carbocycles. The number of aromatic nitrogens is 1. The Morgan fingerprint density at radius 2 is 2.14 bits per heavy atom. The second kappa shape index (κ2) is 6.31. The summed E-state index contributed by atoms with van der Waals surface area (Å²) in [6.45, 7) is 0.616. The van der Waals surface area contributed by atoms with E-state index in [0.29, 0.717) is 37.0 Å². The normalized spacial score (nSPS) is 24.1. The first-order valence-corrected chi connectivity index (χ1v) is 7.50. The van der Waals surface area contributed by atoms with Crippen LogP contribution in [0.15, 0.2) is 12.1 Å². The van der Waals surface area contributed by atoms with Crippen LogP contribution in [0.5, 0.6) is 5.75 Å². The van der Waals surface area contributed by atoms with Gasteiger partial charge in [0.05, 0.1) is 11.6 Å². The minimum absolute atomic E-state index is 0.0269. The second-order valence-electron chi connectivity index (χ2n) is 5.75. The summed E-state index contributed by atoms with van der Waals surface area (Å²) in [5, 5.41) is 15.1. The minimum atomic E-state index is -0.689. The molecule has 2 heterocycles. The lowest BCUT2D eigenvalue weighted by molar-refractivity contribution is -0.142. The van der Waals surface area contributed by atoms with Crippen LogP contribution in [0, 0.1) is 5.92 Å². The van der Waals surface area contributed by atoms with Gasteiger partial charge in [-0.2, -0.15) is 0 Å². The minimum Gasteiger partial charge on any atom is -0.481 e. The number of carboxylic acids is 1. The molecule has 2 aliphatic rings. The van der Waals surface area contributed by atoms with Gasteiger partial charge in [-0.25, -0.2) is 4.98 Å². The first-order chi connectivity index (χ1) is 10.6. The smallest absolute Gasteiger partial charge is 0.306 e. The maximum absolute atomic E-state index is 11.3. The van der Waals surface area contributed by atoms with Gasteiger partial charge in [0, 0.05) is 12.6 Å². The van der Waals surface area contributed by atoms with Gasteiger partial charge in [0.1, 0.15) is 0 Å². The predicted molar refractivity (Wildman–Crippen MR) is 78.6 cm³/mol. The lowest BCUT2D eigenvalue weighted by Crippen LogP contribution is -2.34. The zero-order valence-corrected chi connectivity index (χ0v) is 12.2. The Kier molecular flexibility index (Phi) is 4.24. The van der Waals surface area contributed by atoms with Crippen molar-refractivity contribution >= 4 is 17.7 Å². The van der Waals surface area contributed by atoms with Crippen LogP contribution in [0.4, 0.5) is 5.82 Å². The van der Waals surface area contributed by atoms with Crippen molar-refractivity contribution < 1.29 is 19.4 Å². The number of nitrogens with zero attached hydrogens (tertiary/aromatic N) is 1. The number of hydrogen-bond acceptors (Lipinski definition) is 5. The Hall–Kier alpha value is -2.15. The molecule has 22 heavy (non-hydrogen) atoms. The fourth-order valence-corrected chi connectivity index (χ4v) is 2.90. The van der Waals surface area contributed by atoms with Gasteiger partial charge in [-0.1, -0.05) is 0 Å². The SMILES string of the molecule is O=C1COc2ccc(CN[C@H]3CC[C@H](C(=O)O)CC3)nc2N1. The molecule has 7 heteroatoms. The largest absolute Gasteiger partial charge is 0.481 e. The number of ether oxygens (including phenoxy) is 1. The quantitative estimate of drug-likeness (QED) is 0.771. The number of anilines is 1. The van der Waals surface area contributed by atoms with Crippen LogP contribution in [0.3, 0.4) is 0 Å². The molecular weight excluding hydrogens is 286 g/mol. The molecule has 7 nitrogen and oxygen atoms in total. The van der Waals surface area contributed by atoms with E-state index >= 15 is 0 Å². The summed E-state index contributed by atoms with van der Waals surface area (Å²) < 4.78 is 5.27. The first-order valence-electron chi connectivity index (χ1n) is 7.50. The molecule has 0 spiro atoms. The van der Waals surface area contributed by atoms with E-state index in [1.165, 1.54) is 0 Å². The van der Waals surface area contributed by atoms with Crippen molar-refractivity contribution in [3.05, 3.63) is 17.8 Å². The first kappa shape index (κ1) is 14.8. The van der Waals surface area contributed by atoms with Crippen LogP contribution in [0.25, 0.3) is 0 Å². The van der Waals surface area contributed by atoms with Gasteiger partial charge in [0.15, 0.2) is 18.2 Å². The van der Waals surface area contributed by atoms with E-state index in [1.807, 2.05) is 6.07 Å². The molecule has 0 bridgehead atoms. The topological polar surface area (TPSA) is 101 Å². The van der Waals surface area contributed by atoms with E-state index in [0.717, 1.165) is 18.5 Å². The molecule has 0 radical (unpaired) electrons. The van der Waals surface area contributed by atoms with Crippen molar-refractivity contribution in [3.8, 4) is 5.75 Å². The van der Waals surface area contributed by atoms with E-state index in [9.17, 15) is 9.59 Å². The molecule has 3 rings (SSSR count). The summed E-state index contributed by atoms with van der Waals surface area (Å²) in [5.74, 6) is -0.0367. The van der Waals surface area contributed by atoms with E-state index in [2.05, 4.69) is 15.6 Å². The van der Waals surface area contributed by atoms with Crippen molar-refractivity contribution in [3.63, 3.8) is 0 Å². The third-order valence-electron chi connectivity index (χ3n) is 4.18. The van der Waals surface area contributed by atoms with Crippen LogP contribution >= 0.6 is 0 Å². The number of aliphatic carboxylic acids is 1. The molecule has 0 unspecified atom stereocenters. The van der Waals surface area contributed by atoms with Crippen molar-refractivity contribution in [1.29, 1.82) is 0 Å². The monoisotopic (exact) mass is 305 g/mol. The van der Waals surface area contributed by atoms with Crippen LogP contribution in [-0.4, -0.2) is 34.6 Å². The van der Waals surface area contributed by atoms with Gasteiger partial charge in [-0.15, -0.1) is 0 Å². The Balaban J connectivity index is 1.53. The molecule has 1 aliphatic heterocycles. The molecule has 1 saturated carbocycles. The van der Waals surface area contributed by atoms with Gasteiger partial charge in [-0.3, -0.25) is 9.59 Å². The summed E-state index contributed by atoms with van der Waals surface area (Å²) in [5.41, 5.74) is 0.824. The zero-order chi connectivity index (χ0) is 15.5. The number of nitrogens with one attached hydrogen (secondary N) is 2. The molecular formula is C15H19N3O4. The molecule has 0 saturated heterocycles. The van der Waals surface area contributed by atoms with E-state index < -0.39 is 5.97 Å². The van der Waals surface area contributed by atoms with Gasteiger partial charge in [0.2, 0.25) is 0 Å². The summed E-state index contributed by atoms with van der Waals surface area (Å²) in [7, 11) is 0. The predicted octanol–water partition coefficient (Wildman–Crippen LogP) is 1.15. The number of fused-ring (bicyclic) bond motifs is 1. The molecule has 0 atom stereocenters. The number of carbonyl (C=O) groups excluding carboxylic acids is 1. The van der Waals surface area contributed by atoms with Crippen molar-refractivity contribution in [2.45, 2.75) is 38.3 Å². The Morgan fingerprint density at radius 1 is 1.36 bits per heavy atom. The number of amides is 1. The molecule has 1 aromatic heterocycles. The Labute approximate surface area is 128 Å². The molecule has 3 N–H and O–H groups in total. The Bertz CT molecular complexity index is 582. The Morgan fingerprint density at radius 3 is 2.86 bits per heavy atom. The summed E-state index contributed by atoms with van der Waals surface area (Å²) in [6.07, 6.45) is 3.16. The average Bonchev–Trinajstić information content (AvgIpc) is 2.53. The number of pyridine rings is 1. The number of hydrogen-bond donors (Lipinski definition) is 3. The fourth-order valence-electron chi connectivity index (χ4n) is 2.90. The third kappa shape index (κ3) is 3.36. The van der Waals surface area contributed by atoms with Crippen LogP contribution in [-0.2, 0) is 16.1 Å². The number of carbonyl (C=O) groups is 2. The van der Waals surface area contributed by atoms with E-state index in [-0.39, 0.29) is 18.4 Å². The fraction of sp³-hybridized carbons (Fsp3) is 0.533. The second-order valence-corrected chi connectivity index (χ2v) is 5.75. The molecule has 1 fully saturated rings. The highest BCUT2D eigenvalue weighted by Crippen LogP contribution is 2.26. The molecule has 1 aromatic rings. The maximum atomic E-state index is 11.3.